The summed E-state index contributed by atoms with van der Waals surface area (Å²) in [6, 6.07) is 21.6. The smallest absolute Gasteiger partial charge is 0.338 e. The van der Waals surface area contributed by atoms with Gasteiger partial charge in [-0.3, -0.25) is 9.35 Å². The molecule has 1 heterocycles. The number of hydrogen-bond donors (Lipinski definition) is 3. The average Bonchev–Trinajstić information content (AvgIpc) is 2.94. The third-order valence-electron chi connectivity index (χ3n) is 5.98. The summed E-state index contributed by atoms with van der Waals surface area (Å²) in [5.41, 5.74) is 0.380. The molecule has 0 saturated carbocycles. The molecule has 3 aromatic carbocycles. The van der Waals surface area contributed by atoms with E-state index in [0.29, 0.717) is 0 Å². The van der Waals surface area contributed by atoms with E-state index in [2.05, 4.69) is 5.32 Å². The Morgan fingerprint density at radius 3 is 1.79 bits per heavy atom. The van der Waals surface area contributed by atoms with E-state index in [1.165, 1.54) is 36.4 Å². The van der Waals surface area contributed by atoms with Gasteiger partial charge in [-0.15, -0.1) is 0 Å². The number of rotatable bonds is 8. The van der Waals surface area contributed by atoms with Crippen molar-refractivity contribution in [2.75, 3.05) is 6.61 Å². The van der Waals surface area contributed by atoms with Gasteiger partial charge in [-0.1, -0.05) is 54.6 Å². The van der Waals surface area contributed by atoms with Crippen molar-refractivity contribution in [2.24, 2.45) is 0 Å². The Morgan fingerprint density at radius 2 is 1.28 bits per heavy atom. The Balaban J connectivity index is 1.65. The van der Waals surface area contributed by atoms with E-state index in [-0.39, 0.29) is 16.7 Å². The van der Waals surface area contributed by atoms with Crippen LogP contribution in [0, 0.1) is 0 Å². The fourth-order valence-corrected chi connectivity index (χ4v) is 5.20. The first kappa shape index (κ1) is 27.9. The van der Waals surface area contributed by atoms with Crippen LogP contribution < -0.4 is 5.32 Å². The fourth-order valence-electron chi connectivity index (χ4n) is 4.11. The molecule has 4 rings (SSSR count). The summed E-state index contributed by atoms with van der Waals surface area (Å²) in [5, 5.41) is 11.2. The van der Waals surface area contributed by atoms with Crippen LogP contribution in [0.25, 0.3) is 0 Å². The van der Waals surface area contributed by atoms with Crippen LogP contribution in [0.2, 0.25) is 0 Å². The highest BCUT2D eigenvalue weighted by Crippen LogP contribution is 2.29. The van der Waals surface area contributed by atoms with Crippen molar-refractivity contribution in [3.05, 3.63) is 108 Å². The van der Waals surface area contributed by atoms with Crippen molar-refractivity contribution in [1.82, 2.24) is 5.32 Å². The van der Waals surface area contributed by atoms with E-state index in [0.717, 1.165) is 0 Å². The number of benzene rings is 3. The second-order valence-corrected chi connectivity index (χ2v) is 10.2. The zero-order chi connectivity index (χ0) is 28.0. The molecule has 1 amide bonds. The van der Waals surface area contributed by atoms with Crippen molar-refractivity contribution in [3.8, 4) is 0 Å². The maximum absolute atomic E-state index is 12.9. The van der Waals surface area contributed by atoms with Crippen molar-refractivity contribution >= 4 is 28.0 Å². The van der Waals surface area contributed by atoms with Crippen LogP contribution in [0.3, 0.4) is 0 Å². The molecule has 0 bridgehead atoms. The number of nitrogens with one attached hydrogen (secondary N) is 1. The van der Waals surface area contributed by atoms with Gasteiger partial charge < -0.3 is 24.6 Å². The van der Waals surface area contributed by atoms with Crippen molar-refractivity contribution in [3.63, 3.8) is 0 Å². The van der Waals surface area contributed by atoms with Crippen LogP contribution >= 0.6 is 0 Å². The molecule has 0 aliphatic carbocycles. The largest absolute Gasteiger partial charge is 0.459 e. The molecule has 1 aliphatic rings. The summed E-state index contributed by atoms with van der Waals surface area (Å²) in [7, 11) is -5.08. The molecular formula is C27H25NO10S. The van der Waals surface area contributed by atoms with E-state index in [1.54, 1.807) is 54.6 Å². The van der Waals surface area contributed by atoms with Gasteiger partial charge in [-0.2, -0.15) is 8.42 Å². The van der Waals surface area contributed by atoms with Gasteiger partial charge in [0, 0.05) is 5.56 Å². The summed E-state index contributed by atoms with van der Waals surface area (Å²) in [5.74, 6) is -2.53. The molecule has 0 radical (unpaired) electrons. The van der Waals surface area contributed by atoms with Crippen molar-refractivity contribution in [2.45, 2.75) is 29.8 Å². The van der Waals surface area contributed by atoms with Crippen molar-refractivity contribution in [1.29, 1.82) is 0 Å². The molecule has 39 heavy (non-hydrogen) atoms. The lowest BCUT2D eigenvalue weighted by Gasteiger charge is -2.43. The molecule has 204 valence electrons. The number of carbonyl (C=O) groups excluding carboxylic acids is 3. The Kier molecular flexibility index (Phi) is 8.72. The van der Waals surface area contributed by atoms with Crippen LogP contribution in [0.15, 0.2) is 91.0 Å². The van der Waals surface area contributed by atoms with Gasteiger partial charge in [0.2, 0.25) is 0 Å². The molecule has 0 unspecified atom stereocenters. The summed E-state index contributed by atoms with van der Waals surface area (Å²) >= 11 is 0. The summed E-state index contributed by atoms with van der Waals surface area (Å²) in [6.07, 6.45) is -5.42. The Morgan fingerprint density at radius 1 is 0.795 bits per heavy atom. The highest BCUT2D eigenvalue weighted by Gasteiger charge is 2.54. The number of aliphatic hydroxyl groups excluding tert-OH is 1. The first-order valence-corrected chi connectivity index (χ1v) is 13.3. The first-order valence-electron chi connectivity index (χ1n) is 11.8. The normalized spacial score (nSPS) is 22.9. The average molecular weight is 556 g/mol. The molecular weight excluding hydrogens is 530 g/mol. The number of amides is 1. The molecule has 1 aliphatic heterocycles. The SMILES string of the molecule is O=C(N[C@@H]1[C@@H](OC(=O)c2ccccc2)[C@@H](S(=O)(=O)O)[C@@H](COC(=O)c2ccccc2)O[C@@H]1O)c1ccccc1. The van der Waals surface area contributed by atoms with Crippen LogP contribution in [0.5, 0.6) is 0 Å². The Hall–Kier alpha value is -4.10. The van der Waals surface area contributed by atoms with Gasteiger partial charge in [-0.25, -0.2) is 9.59 Å². The van der Waals surface area contributed by atoms with Crippen LogP contribution in [-0.2, 0) is 24.3 Å². The van der Waals surface area contributed by atoms with Gasteiger partial charge in [-0.05, 0) is 36.4 Å². The summed E-state index contributed by atoms with van der Waals surface area (Å²) in [6.45, 7) is -0.728. The van der Waals surface area contributed by atoms with E-state index in [9.17, 15) is 32.5 Å². The molecule has 12 heteroatoms. The zero-order valence-electron chi connectivity index (χ0n) is 20.3. The quantitative estimate of drug-likeness (QED) is 0.276. The molecule has 3 N–H and O–H groups in total. The van der Waals surface area contributed by atoms with E-state index < -0.39 is 64.4 Å². The van der Waals surface area contributed by atoms with E-state index >= 15 is 0 Å². The predicted octanol–water partition coefficient (Wildman–Crippen LogP) is 1.84. The third kappa shape index (κ3) is 6.86. The van der Waals surface area contributed by atoms with Crippen molar-refractivity contribution < 1.29 is 46.7 Å². The molecule has 0 spiro atoms. The monoisotopic (exact) mass is 555 g/mol. The molecule has 11 nitrogen and oxygen atoms in total. The molecule has 1 saturated heterocycles. The first-order chi connectivity index (χ1) is 18.6. The fraction of sp³-hybridized carbons (Fsp3) is 0.222. The minimum atomic E-state index is -5.08. The van der Waals surface area contributed by atoms with Crippen LogP contribution in [0.4, 0.5) is 0 Å². The summed E-state index contributed by atoms with van der Waals surface area (Å²) < 4.78 is 51.4. The predicted molar refractivity (Wildman–Crippen MR) is 136 cm³/mol. The lowest BCUT2D eigenvalue weighted by atomic mass is 9.98. The van der Waals surface area contributed by atoms with E-state index in [4.69, 9.17) is 14.2 Å². The molecule has 0 aromatic heterocycles. The second-order valence-electron chi connectivity index (χ2n) is 8.61. The van der Waals surface area contributed by atoms with Gasteiger partial charge >= 0.3 is 11.9 Å². The highest BCUT2D eigenvalue weighted by molar-refractivity contribution is 7.86. The maximum atomic E-state index is 12.9. The van der Waals surface area contributed by atoms with Gasteiger partial charge in [0.25, 0.3) is 16.0 Å². The van der Waals surface area contributed by atoms with Gasteiger partial charge in [0.15, 0.2) is 11.5 Å². The molecule has 1 fully saturated rings. The number of aliphatic hydroxyl groups is 1. The minimum Gasteiger partial charge on any atom is -0.459 e. The lowest BCUT2D eigenvalue weighted by Crippen LogP contribution is -2.67. The van der Waals surface area contributed by atoms with Gasteiger partial charge in [0.1, 0.15) is 24.9 Å². The number of carbonyl (C=O) groups is 3. The van der Waals surface area contributed by atoms with Gasteiger partial charge in [0.05, 0.1) is 11.1 Å². The second kappa shape index (κ2) is 12.2. The Bertz CT molecular complexity index is 1400. The number of ether oxygens (including phenoxy) is 3. The number of esters is 2. The Labute approximate surface area is 224 Å². The molecule has 3 aromatic rings. The molecule has 5 atom stereocenters. The zero-order valence-corrected chi connectivity index (χ0v) is 21.1. The summed E-state index contributed by atoms with van der Waals surface area (Å²) in [4.78, 5) is 38.2. The standard InChI is InChI=1S/C27H25NO10S/c29-24(17-10-4-1-5-11-17)28-21-22(38-26(31)19-14-8-3-9-15-19)23(39(33,34)35)20(37-27(21)32)16-36-25(30)18-12-6-2-7-13-18/h1-15,20-23,27,32H,16H2,(H,28,29)(H,33,34,35)/t20-,21-,22-,23+,27+/m1/s1. The maximum Gasteiger partial charge on any atom is 0.338 e. The topological polar surface area (TPSA) is 166 Å². The third-order valence-corrected chi connectivity index (χ3v) is 7.24. The van der Waals surface area contributed by atoms with E-state index in [1.807, 2.05) is 0 Å². The lowest BCUT2D eigenvalue weighted by molar-refractivity contribution is -0.210. The van der Waals surface area contributed by atoms with Crippen LogP contribution in [-0.4, -0.2) is 72.3 Å². The number of hydrogen-bond acceptors (Lipinski definition) is 9. The van der Waals surface area contributed by atoms with Crippen LogP contribution in [0.1, 0.15) is 31.1 Å². The highest BCUT2D eigenvalue weighted by atomic mass is 32.2. The minimum absolute atomic E-state index is 0.0489.